The van der Waals surface area contributed by atoms with Gasteiger partial charge in [-0.05, 0) is 24.1 Å². The molecule has 0 aliphatic carbocycles. The van der Waals surface area contributed by atoms with E-state index in [0.29, 0.717) is 16.3 Å². The minimum Gasteiger partial charge on any atom is -0.355 e. The fourth-order valence-corrected chi connectivity index (χ4v) is 1.85. The lowest BCUT2D eigenvalue weighted by atomic mass is 9.99. The molecule has 0 saturated heterocycles. The van der Waals surface area contributed by atoms with Gasteiger partial charge >= 0.3 is 0 Å². The van der Waals surface area contributed by atoms with E-state index in [9.17, 15) is 9.59 Å². The third kappa shape index (κ3) is 3.95. The van der Waals surface area contributed by atoms with Crippen LogP contribution in [-0.4, -0.2) is 24.9 Å². The highest BCUT2D eigenvalue weighted by Gasteiger charge is 2.20. The molecule has 1 rings (SSSR count). The third-order valence-electron chi connectivity index (χ3n) is 3.27. The van der Waals surface area contributed by atoms with Crippen LogP contribution in [0.3, 0.4) is 0 Å². The molecule has 1 aromatic rings. The van der Waals surface area contributed by atoms with Crippen molar-refractivity contribution >= 4 is 29.1 Å². The molecule has 0 aliphatic heterocycles. The van der Waals surface area contributed by atoms with Crippen LogP contribution in [0.2, 0.25) is 5.02 Å². The van der Waals surface area contributed by atoms with Gasteiger partial charge in [-0.2, -0.15) is 0 Å². The SMILES string of the molecule is CC[C@H](C)[C@H](N)C(=O)Nc1ccc(Cl)c(C(=O)NC)c1. The number of amides is 2. The summed E-state index contributed by atoms with van der Waals surface area (Å²) in [6.45, 7) is 3.89. The highest BCUT2D eigenvalue weighted by molar-refractivity contribution is 6.34. The number of carbonyl (C=O) groups is 2. The molecule has 0 unspecified atom stereocenters. The van der Waals surface area contributed by atoms with E-state index in [4.69, 9.17) is 17.3 Å². The van der Waals surface area contributed by atoms with Gasteiger partial charge in [-0.25, -0.2) is 0 Å². The Labute approximate surface area is 123 Å². The smallest absolute Gasteiger partial charge is 0.252 e. The number of halogens is 1. The lowest BCUT2D eigenvalue weighted by molar-refractivity contribution is -0.118. The predicted octanol–water partition coefficient (Wildman–Crippen LogP) is 2.01. The maximum Gasteiger partial charge on any atom is 0.252 e. The van der Waals surface area contributed by atoms with Gasteiger partial charge in [0.2, 0.25) is 5.91 Å². The molecule has 20 heavy (non-hydrogen) atoms. The molecule has 0 heterocycles. The summed E-state index contributed by atoms with van der Waals surface area (Å²) in [5.41, 5.74) is 6.66. The first-order valence-electron chi connectivity index (χ1n) is 6.48. The maximum absolute atomic E-state index is 12.0. The zero-order valence-electron chi connectivity index (χ0n) is 11.9. The number of nitrogens with one attached hydrogen (secondary N) is 2. The molecule has 6 heteroatoms. The van der Waals surface area contributed by atoms with Crippen molar-refractivity contribution in [3.63, 3.8) is 0 Å². The molecular weight excluding hydrogens is 278 g/mol. The Bertz CT molecular complexity index is 505. The number of nitrogens with two attached hydrogens (primary N) is 1. The average Bonchev–Trinajstić information content (AvgIpc) is 2.46. The molecule has 4 N–H and O–H groups in total. The largest absolute Gasteiger partial charge is 0.355 e. The van der Waals surface area contributed by atoms with Crippen LogP contribution in [0.1, 0.15) is 30.6 Å². The van der Waals surface area contributed by atoms with Crippen molar-refractivity contribution < 1.29 is 9.59 Å². The molecule has 0 saturated carbocycles. The Morgan fingerprint density at radius 3 is 2.60 bits per heavy atom. The van der Waals surface area contributed by atoms with E-state index in [2.05, 4.69) is 10.6 Å². The quantitative estimate of drug-likeness (QED) is 0.777. The molecule has 5 nitrogen and oxygen atoms in total. The summed E-state index contributed by atoms with van der Waals surface area (Å²) in [5.74, 6) is -0.498. The van der Waals surface area contributed by atoms with Gasteiger partial charge in [0.05, 0.1) is 16.6 Å². The number of carbonyl (C=O) groups excluding carboxylic acids is 2. The summed E-state index contributed by atoms with van der Waals surface area (Å²) in [7, 11) is 1.52. The second-order valence-electron chi connectivity index (χ2n) is 4.67. The molecule has 0 bridgehead atoms. The van der Waals surface area contributed by atoms with Crippen molar-refractivity contribution in [3.8, 4) is 0 Å². The van der Waals surface area contributed by atoms with Gasteiger partial charge in [0.25, 0.3) is 5.91 Å². The first kappa shape index (κ1) is 16.5. The van der Waals surface area contributed by atoms with Crippen LogP contribution in [-0.2, 0) is 4.79 Å². The van der Waals surface area contributed by atoms with Crippen LogP contribution < -0.4 is 16.4 Å². The van der Waals surface area contributed by atoms with Gasteiger partial charge in [-0.3, -0.25) is 9.59 Å². The van der Waals surface area contributed by atoms with Gasteiger partial charge in [-0.15, -0.1) is 0 Å². The van der Waals surface area contributed by atoms with Crippen molar-refractivity contribution in [2.75, 3.05) is 12.4 Å². The third-order valence-corrected chi connectivity index (χ3v) is 3.59. The van der Waals surface area contributed by atoms with Gasteiger partial charge in [0.15, 0.2) is 0 Å². The second kappa shape index (κ2) is 7.26. The molecule has 2 amide bonds. The normalized spacial score (nSPS) is 13.4. The Balaban J connectivity index is 2.88. The molecule has 0 spiro atoms. The zero-order chi connectivity index (χ0) is 15.3. The van der Waals surface area contributed by atoms with Crippen molar-refractivity contribution in [3.05, 3.63) is 28.8 Å². The molecule has 110 valence electrons. The summed E-state index contributed by atoms with van der Waals surface area (Å²) in [6.07, 6.45) is 0.818. The molecule has 0 aromatic heterocycles. The van der Waals surface area contributed by atoms with Crippen LogP contribution >= 0.6 is 11.6 Å². The molecule has 2 atom stereocenters. The summed E-state index contributed by atoms with van der Waals surface area (Å²) in [6, 6.07) is 4.15. The second-order valence-corrected chi connectivity index (χ2v) is 5.08. The molecule has 1 aromatic carbocycles. The van der Waals surface area contributed by atoms with E-state index in [1.54, 1.807) is 12.1 Å². The van der Waals surface area contributed by atoms with E-state index in [-0.39, 0.29) is 17.7 Å². The van der Waals surface area contributed by atoms with E-state index in [0.717, 1.165) is 6.42 Å². The monoisotopic (exact) mass is 297 g/mol. The minimum absolute atomic E-state index is 0.0840. The number of benzene rings is 1. The van der Waals surface area contributed by atoms with Crippen molar-refractivity contribution in [1.82, 2.24) is 5.32 Å². The number of hydrogen-bond donors (Lipinski definition) is 3. The van der Waals surface area contributed by atoms with Gasteiger partial charge in [0.1, 0.15) is 0 Å². The Hall–Kier alpha value is -1.59. The molecule has 0 radical (unpaired) electrons. The van der Waals surface area contributed by atoms with Gasteiger partial charge in [0, 0.05) is 12.7 Å². The van der Waals surface area contributed by atoms with Crippen LogP contribution in [0, 0.1) is 5.92 Å². The topological polar surface area (TPSA) is 84.2 Å². The van der Waals surface area contributed by atoms with Crippen LogP contribution in [0.4, 0.5) is 5.69 Å². The molecule has 0 aliphatic rings. The molecule has 0 fully saturated rings. The lowest BCUT2D eigenvalue weighted by Crippen LogP contribution is -2.40. The zero-order valence-corrected chi connectivity index (χ0v) is 12.6. The maximum atomic E-state index is 12.0. The minimum atomic E-state index is -0.584. The van der Waals surface area contributed by atoms with Gasteiger partial charge in [-0.1, -0.05) is 31.9 Å². The van der Waals surface area contributed by atoms with Crippen LogP contribution in [0.5, 0.6) is 0 Å². The van der Waals surface area contributed by atoms with E-state index < -0.39 is 6.04 Å². The predicted molar refractivity (Wildman–Crippen MR) is 80.9 cm³/mol. The number of rotatable bonds is 5. The van der Waals surface area contributed by atoms with E-state index in [1.807, 2.05) is 13.8 Å². The number of hydrogen-bond acceptors (Lipinski definition) is 3. The fourth-order valence-electron chi connectivity index (χ4n) is 1.65. The van der Waals surface area contributed by atoms with Crippen molar-refractivity contribution in [1.29, 1.82) is 0 Å². The van der Waals surface area contributed by atoms with Gasteiger partial charge < -0.3 is 16.4 Å². The fraction of sp³-hybridized carbons (Fsp3) is 0.429. The average molecular weight is 298 g/mol. The van der Waals surface area contributed by atoms with Crippen LogP contribution in [0.25, 0.3) is 0 Å². The van der Waals surface area contributed by atoms with Crippen molar-refractivity contribution in [2.24, 2.45) is 11.7 Å². The summed E-state index contributed by atoms with van der Waals surface area (Å²) < 4.78 is 0. The molecular formula is C14H20ClN3O2. The Kier molecular flexibility index (Phi) is 5.98. The number of anilines is 1. The highest BCUT2D eigenvalue weighted by atomic mass is 35.5. The van der Waals surface area contributed by atoms with E-state index >= 15 is 0 Å². The highest BCUT2D eigenvalue weighted by Crippen LogP contribution is 2.21. The first-order valence-corrected chi connectivity index (χ1v) is 6.86. The Morgan fingerprint density at radius 1 is 1.40 bits per heavy atom. The lowest BCUT2D eigenvalue weighted by Gasteiger charge is -2.18. The van der Waals surface area contributed by atoms with Crippen molar-refractivity contribution in [2.45, 2.75) is 26.3 Å². The first-order chi connectivity index (χ1) is 9.40. The summed E-state index contributed by atoms with van der Waals surface area (Å²) >= 11 is 5.94. The summed E-state index contributed by atoms with van der Waals surface area (Å²) in [5, 5.41) is 5.52. The standard InChI is InChI=1S/C14H20ClN3O2/c1-4-8(2)12(16)14(20)18-9-5-6-11(15)10(7-9)13(19)17-3/h5-8,12H,4,16H2,1-3H3,(H,17,19)(H,18,20)/t8-,12-/m0/s1. The van der Waals surface area contributed by atoms with E-state index in [1.165, 1.54) is 13.1 Å². The summed E-state index contributed by atoms with van der Waals surface area (Å²) in [4.78, 5) is 23.6. The Morgan fingerprint density at radius 2 is 2.05 bits per heavy atom. The van der Waals surface area contributed by atoms with Crippen LogP contribution in [0.15, 0.2) is 18.2 Å².